The number of H-pyrrole nitrogens is 1. The van der Waals surface area contributed by atoms with Crippen LogP contribution in [0.15, 0.2) is 60.8 Å². The molecule has 174 valence electrons. The van der Waals surface area contributed by atoms with Crippen LogP contribution in [0.1, 0.15) is 43.2 Å². The number of para-hydroxylation sites is 1. The largest absolute Gasteiger partial charge is 0.361 e. The third-order valence-corrected chi connectivity index (χ3v) is 7.44. The Bertz CT molecular complexity index is 1040. The van der Waals surface area contributed by atoms with Crippen LogP contribution in [-0.2, 0) is 17.9 Å². The normalized spacial score (nSPS) is 20.4. The lowest BCUT2D eigenvalue weighted by molar-refractivity contribution is -0.122. The van der Waals surface area contributed by atoms with Gasteiger partial charge in [0.05, 0.1) is 0 Å². The summed E-state index contributed by atoms with van der Waals surface area (Å²) in [6, 6.07) is 19.5. The molecule has 0 bridgehead atoms. The number of hydrogen-bond donors (Lipinski definition) is 2. The van der Waals surface area contributed by atoms with Crippen molar-refractivity contribution in [2.75, 3.05) is 26.2 Å². The summed E-state index contributed by atoms with van der Waals surface area (Å²) in [5, 5.41) is 4.63. The van der Waals surface area contributed by atoms with Crippen LogP contribution in [0.3, 0.4) is 0 Å². The van der Waals surface area contributed by atoms with Crippen LogP contribution in [0.4, 0.5) is 0 Å². The molecule has 0 saturated carbocycles. The Balaban J connectivity index is 0.997. The molecule has 1 unspecified atom stereocenters. The third kappa shape index (κ3) is 5.84. The molecule has 5 heteroatoms. The van der Waals surface area contributed by atoms with E-state index in [4.69, 9.17) is 0 Å². The van der Waals surface area contributed by atoms with Gasteiger partial charge in [0.15, 0.2) is 0 Å². The highest BCUT2D eigenvalue weighted by molar-refractivity contribution is 5.83. The smallest absolute Gasteiger partial charge is 0.220 e. The molecule has 2 saturated heterocycles. The van der Waals surface area contributed by atoms with Crippen molar-refractivity contribution >= 4 is 16.8 Å². The molecular weight excluding hydrogens is 408 g/mol. The summed E-state index contributed by atoms with van der Waals surface area (Å²) in [6.45, 7) is 6.27. The maximum Gasteiger partial charge on any atom is 0.220 e. The van der Waals surface area contributed by atoms with E-state index in [0.29, 0.717) is 18.4 Å². The second-order valence-corrected chi connectivity index (χ2v) is 9.89. The molecule has 2 aliphatic rings. The van der Waals surface area contributed by atoms with Crippen LogP contribution in [0.2, 0.25) is 0 Å². The number of nitrogens with zero attached hydrogens (tertiary/aromatic N) is 2. The quantitative estimate of drug-likeness (QED) is 0.536. The Morgan fingerprint density at radius 3 is 2.52 bits per heavy atom. The Morgan fingerprint density at radius 2 is 1.67 bits per heavy atom. The van der Waals surface area contributed by atoms with Gasteiger partial charge < -0.3 is 10.3 Å². The lowest BCUT2D eigenvalue weighted by Gasteiger charge is -2.31. The fraction of sp³-hybridized carbons (Fsp3) is 0.464. The molecule has 5 rings (SSSR count). The van der Waals surface area contributed by atoms with Crippen molar-refractivity contribution in [1.82, 2.24) is 20.1 Å². The number of carbonyl (C=O) groups excluding carboxylic acids is 1. The minimum atomic E-state index is 0.239. The third-order valence-electron chi connectivity index (χ3n) is 7.44. The Labute approximate surface area is 197 Å². The molecule has 0 spiro atoms. The van der Waals surface area contributed by atoms with Crippen LogP contribution < -0.4 is 5.32 Å². The van der Waals surface area contributed by atoms with E-state index in [-0.39, 0.29) is 5.91 Å². The van der Waals surface area contributed by atoms with Gasteiger partial charge in [0, 0.05) is 55.7 Å². The van der Waals surface area contributed by atoms with Gasteiger partial charge in [-0.15, -0.1) is 0 Å². The first kappa shape index (κ1) is 22.2. The Morgan fingerprint density at radius 1 is 0.909 bits per heavy atom. The van der Waals surface area contributed by atoms with Crippen molar-refractivity contribution in [2.24, 2.45) is 5.92 Å². The monoisotopic (exact) mass is 444 g/mol. The topological polar surface area (TPSA) is 51.4 Å². The molecule has 2 fully saturated rings. The van der Waals surface area contributed by atoms with Gasteiger partial charge in [0.1, 0.15) is 0 Å². The average Bonchev–Trinajstić information content (AvgIpc) is 3.46. The summed E-state index contributed by atoms with van der Waals surface area (Å²) in [5.74, 6) is 0.913. The molecule has 0 radical (unpaired) electrons. The SMILES string of the molecule is O=C(CCC1CCN(Cc2c[nH]c3ccccc23)CC1)NC1CCN(Cc2ccccc2)C1. The zero-order valence-electron chi connectivity index (χ0n) is 19.5. The highest BCUT2D eigenvalue weighted by atomic mass is 16.1. The number of nitrogens with one attached hydrogen (secondary N) is 2. The zero-order chi connectivity index (χ0) is 22.5. The molecular formula is C28H36N4O. The van der Waals surface area contributed by atoms with Crippen LogP contribution >= 0.6 is 0 Å². The van der Waals surface area contributed by atoms with Crippen molar-refractivity contribution in [1.29, 1.82) is 0 Å². The zero-order valence-corrected chi connectivity index (χ0v) is 19.5. The first-order chi connectivity index (χ1) is 16.2. The fourth-order valence-corrected chi connectivity index (χ4v) is 5.51. The van der Waals surface area contributed by atoms with E-state index in [1.54, 1.807) is 0 Å². The van der Waals surface area contributed by atoms with E-state index in [0.717, 1.165) is 52.1 Å². The van der Waals surface area contributed by atoms with Gasteiger partial charge in [-0.2, -0.15) is 0 Å². The average molecular weight is 445 g/mol. The fourth-order valence-electron chi connectivity index (χ4n) is 5.51. The number of rotatable bonds is 8. The van der Waals surface area contributed by atoms with E-state index >= 15 is 0 Å². The van der Waals surface area contributed by atoms with E-state index < -0.39 is 0 Å². The van der Waals surface area contributed by atoms with Gasteiger partial charge in [-0.25, -0.2) is 0 Å². The molecule has 2 aliphatic heterocycles. The number of hydrogen-bond acceptors (Lipinski definition) is 3. The van der Waals surface area contributed by atoms with Crippen molar-refractivity contribution < 1.29 is 4.79 Å². The number of carbonyl (C=O) groups is 1. The summed E-state index contributed by atoms with van der Waals surface area (Å²) in [7, 11) is 0. The maximum atomic E-state index is 12.6. The molecule has 1 atom stereocenters. The highest BCUT2D eigenvalue weighted by Crippen LogP contribution is 2.25. The molecule has 1 aromatic heterocycles. The van der Waals surface area contributed by atoms with Crippen LogP contribution in [-0.4, -0.2) is 52.9 Å². The highest BCUT2D eigenvalue weighted by Gasteiger charge is 2.25. The molecule has 3 heterocycles. The van der Waals surface area contributed by atoms with Gasteiger partial charge in [-0.1, -0.05) is 48.5 Å². The number of piperidine rings is 1. The van der Waals surface area contributed by atoms with Gasteiger partial charge in [-0.3, -0.25) is 14.6 Å². The molecule has 5 nitrogen and oxygen atoms in total. The molecule has 2 aromatic carbocycles. The van der Waals surface area contributed by atoms with Gasteiger partial charge in [0.25, 0.3) is 0 Å². The summed E-state index contributed by atoms with van der Waals surface area (Å²) in [6.07, 6.45) is 7.30. The number of aromatic amines is 1. The number of benzene rings is 2. The number of likely N-dealkylation sites (tertiary alicyclic amines) is 2. The first-order valence-corrected chi connectivity index (χ1v) is 12.6. The number of fused-ring (bicyclic) bond motifs is 1. The van der Waals surface area contributed by atoms with E-state index in [1.807, 2.05) is 0 Å². The minimum Gasteiger partial charge on any atom is -0.361 e. The van der Waals surface area contributed by atoms with Crippen LogP contribution in [0, 0.1) is 5.92 Å². The van der Waals surface area contributed by atoms with Gasteiger partial charge in [-0.05, 0) is 61.9 Å². The van der Waals surface area contributed by atoms with Gasteiger partial charge >= 0.3 is 0 Å². The van der Waals surface area contributed by atoms with Crippen LogP contribution in [0.25, 0.3) is 10.9 Å². The van der Waals surface area contributed by atoms with E-state index in [9.17, 15) is 4.79 Å². The molecule has 33 heavy (non-hydrogen) atoms. The lowest BCUT2D eigenvalue weighted by Crippen LogP contribution is -2.37. The lowest BCUT2D eigenvalue weighted by atomic mass is 9.91. The maximum absolute atomic E-state index is 12.6. The van der Waals surface area contributed by atoms with Gasteiger partial charge in [0.2, 0.25) is 5.91 Å². The predicted octanol–water partition coefficient (Wildman–Crippen LogP) is 4.55. The summed E-state index contributed by atoms with van der Waals surface area (Å²) in [4.78, 5) is 21.0. The number of aromatic nitrogens is 1. The standard InChI is InChI=1S/C28H36N4O/c33-28(30-25-14-17-32(21-25)19-23-6-2-1-3-7-23)11-10-22-12-15-31(16-13-22)20-24-18-29-27-9-5-4-8-26(24)27/h1-9,18,22,25,29H,10-17,19-21H2,(H,30,33). The molecule has 2 N–H and O–H groups in total. The second-order valence-electron chi connectivity index (χ2n) is 9.89. The Hall–Kier alpha value is -2.63. The summed E-state index contributed by atoms with van der Waals surface area (Å²) in [5.41, 5.74) is 3.96. The predicted molar refractivity (Wildman–Crippen MR) is 134 cm³/mol. The Kier molecular flexibility index (Phi) is 7.08. The first-order valence-electron chi connectivity index (χ1n) is 12.6. The molecule has 0 aliphatic carbocycles. The van der Waals surface area contributed by atoms with Crippen LogP contribution in [0.5, 0.6) is 0 Å². The van der Waals surface area contributed by atoms with Crippen molar-refractivity contribution in [2.45, 2.75) is 51.2 Å². The minimum absolute atomic E-state index is 0.239. The summed E-state index contributed by atoms with van der Waals surface area (Å²) >= 11 is 0. The summed E-state index contributed by atoms with van der Waals surface area (Å²) < 4.78 is 0. The number of amides is 1. The second kappa shape index (κ2) is 10.5. The van der Waals surface area contributed by atoms with Crippen molar-refractivity contribution in [3.63, 3.8) is 0 Å². The van der Waals surface area contributed by atoms with E-state index in [2.05, 4.69) is 80.9 Å². The molecule has 3 aromatic rings. The van der Waals surface area contributed by atoms with Crippen molar-refractivity contribution in [3.05, 3.63) is 71.9 Å². The van der Waals surface area contributed by atoms with E-state index in [1.165, 1.54) is 34.9 Å². The molecule has 1 amide bonds. The van der Waals surface area contributed by atoms with Crippen molar-refractivity contribution in [3.8, 4) is 0 Å².